The highest BCUT2D eigenvalue weighted by atomic mass is 35.5. The average Bonchev–Trinajstić information content (AvgIpc) is 3.89. The molecule has 0 bridgehead atoms. The van der Waals surface area contributed by atoms with Crippen LogP contribution in [0.25, 0.3) is 39.0 Å². The molecule has 11 rings (SSSR count). The molecule has 2 N–H and O–H groups in total. The van der Waals surface area contributed by atoms with E-state index in [0.29, 0.717) is 41.1 Å². The minimum atomic E-state index is -0.643. The summed E-state index contributed by atoms with van der Waals surface area (Å²) < 4.78 is 14.7. The number of rotatable bonds is 7. The Kier molecular flexibility index (Phi) is 8.64. The van der Waals surface area contributed by atoms with Crippen molar-refractivity contribution in [1.82, 2.24) is 49.0 Å². The van der Waals surface area contributed by atoms with Crippen LogP contribution in [0.3, 0.4) is 0 Å². The Labute approximate surface area is 355 Å². The van der Waals surface area contributed by atoms with Gasteiger partial charge < -0.3 is 19.0 Å². The summed E-state index contributed by atoms with van der Waals surface area (Å²) in [5.41, 5.74) is 10.5. The van der Waals surface area contributed by atoms with Crippen LogP contribution in [-0.2, 0) is 35.1 Å². The van der Waals surface area contributed by atoms with Gasteiger partial charge in [0.15, 0.2) is 0 Å². The molecule has 3 aromatic carbocycles. The number of hydrogen-bond acceptors (Lipinski definition) is 8. The molecule has 2 saturated heterocycles. The van der Waals surface area contributed by atoms with Gasteiger partial charge in [-0.05, 0) is 110 Å². The molecule has 3 atom stereocenters. The lowest BCUT2D eigenvalue weighted by Crippen LogP contribution is -2.49. The minimum absolute atomic E-state index is 0.128. The van der Waals surface area contributed by atoms with Gasteiger partial charge in [0.1, 0.15) is 17.7 Å². The predicted octanol–water partition coefficient (Wildman–Crippen LogP) is 6.32. The van der Waals surface area contributed by atoms with Crippen LogP contribution < -0.4 is 16.5 Å². The van der Waals surface area contributed by atoms with Gasteiger partial charge in [0.2, 0.25) is 0 Å². The number of nitrogens with one attached hydrogen (secondary N) is 2. The summed E-state index contributed by atoms with van der Waals surface area (Å²) >= 11 is 6.65. The van der Waals surface area contributed by atoms with Gasteiger partial charge in [0.05, 0.1) is 40.9 Å². The maximum absolute atomic E-state index is 15.3. The lowest BCUT2D eigenvalue weighted by atomic mass is 9.91. The second kappa shape index (κ2) is 13.9. The van der Waals surface area contributed by atoms with Crippen LogP contribution in [0.2, 0.25) is 5.02 Å². The Morgan fingerprint density at radius 1 is 0.934 bits per heavy atom. The van der Waals surface area contributed by atoms with Crippen molar-refractivity contribution in [2.24, 2.45) is 13.0 Å². The van der Waals surface area contributed by atoms with Gasteiger partial charge in [0, 0.05) is 72.5 Å². The van der Waals surface area contributed by atoms with Crippen molar-refractivity contribution in [2.75, 3.05) is 19.8 Å². The molecule has 0 spiro atoms. The molecule has 1 unspecified atom stereocenters. The summed E-state index contributed by atoms with van der Waals surface area (Å²) in [6, 6.07) is 18.3. The molecular formula is C45H45ClN10O5. The maximum Gasteiger partial charge on any atom is 0.427 e. The molecule has 4 aromatic heterocycles. The van der Waals surface area contributed by atoms with Crippen LogP contribution in [0.5, 0.6) is 0 Å². The molecular weight excluding hydrogens is 796 g/mol. The zero-order chi connectivity index (χ0) is 41.9. The highest BCUT2D eigenvalue weighted by Gasteiger charge is 2.62. The first-order chi connectivity index (χ1) is 29.5. The Morgan fingerprint density at radius 2 is 1.69 bits per heavy atom. The van der Waals surface area contributed by atoms with E-state index in [2.05, 4.69) is 45.6 Å². The number of ether oxygens (including phenoxy) is 1. The summed E-state index contributed by atoms with van der Waals surface area (Å²) in [7, 11) is 1.89. The number of benzene rings is 3. The van der Waals surface area contributed by atoms with Crippen molar-refractivity contribution < 1.29 is 19.2 Å². The number of hydrogen-bond donors (Lipinski definition) is 2. The normalized spacial score (nSPS) is 21.6. The van der Waals surface area contributed by atoms with Crippen LogP contribution in [0.15, 0.2) is 78.0 Å². The standard InChI is InChI=1S/C45H45ClN10O5/c1-25-17-33(18-26(2)39(25)46)56-40(54-14-13-53(44(54)59)32-6-8-36-31(20-32)23-47-51(36)4)34-24-52(12-9-35(34)49-56)41(57)38-21-30-19-29(28-10-15-60-16-11-28)5-7-37(30)55(38)45(22-27(45)3)42-48-43(58)61-50-42/h5-8,13-14,17-21,23,27-28,42,50H,9-12,15-16,22,24H2,1-4H3,(H,48,58)/t27-,42?,45-/m0/s1. The number of carbonyl (C=O) groups excluding carboxylic acids is 2. The molecule has 7 heterocycles. The van der Waals surface area contributed by atoms with E-state index in [4.69, 9.17) is 26.3 Å². The number of aromatic nitrogens is 7. The van der Waals surface area contributed by atoms with Gasteiger partial charge in [-0.1, -0.05) is 24.6 Å². The number of nitrogens with zero attached hydrogens (tertiary/aromatic N) is 8. The van der Waals surface area contributed by atoms with E-state index in [1.165, 1.54) is 5.56 Å². The molecule has 61 heavy (non-hydrogen) atoms. The first-order valence-corrected chi connectivity index (χ1v) is 21.2. The molecule has 1 aliphatic carbocycles. The summed E-state index contributed by atoms with van der Waals surface area (Å²) in [5, 5.41) is 15.0. The summed E-state index contributed by atoms with van der Waals surface area (Å²) in [6.45, 7) is 8.13. The zero-order valence-electron chi connectivity index (χ0n) is 34.3. The monoisotopic (exact) mass is 840 g/mol. The summed E-state index contributed by atoms with van der Waals surface area (Å²) in [5.74, 6) is 0.913. The molecule has 15 nitrogen and oxygen atoms in total. The van der Waals surface area contributed by atoms with E-state index in [-0.39, 0.29) is 24.1 Å². The van der Waals surface area contributed by atoms with Crippen LogP contribution >= 0.6 is 11.6 Å². The molecule has 1 saturated carbocycles. The van der Waals surface area contributed by atoms with Crippen molar-refractivity contribution >= 4 is 45.4 Å². The number of halogens is 1. The number of carbonyl (C=O) groups is 2. The number of amides is 2. The van der Waals surface area contributed by atoms with Gasteiger partial charge >= 0.3 is 11.8 Å². The number of imidazole rings is 1. The van der Waals surface area contributed by atoms with E-state index in [1.807, 2.05) is 66.9 Å². The van der Waals surface area contributed by atoms with Gasteiger partial charge in [-0.2, -0.15) is 10.2 Å². The maximum atomic E-state index is 15.3. The van der Waals surface area contributed by atoms with E-state index in [1.54, 1.807) is 32.4 Å². The number of aryl methyl sites for hydroxylation is 3. The Morgan fingerprint density at radius 3 is 2.43 bits per heavy atom. The average molecular weight is 841 g/mol. The molecule has 4 aliphatic rings. The predicted molar refractivity (Wildman–Crippen MR) is 229 cm³/mol. The van der Waals surface area contributed by atoms with E-state index in [0.717, 1.165) is 82.4 Å². The van der Waals surface area contributed by atoms with Crippen molar-refractivity contribution in [1.29, 1.82) is 0 Å². The van der Waals surface area contributed by atoms with E-state index in [9.17, 15) is 9.59 Å². The third kappa shape index (κ3) is 5.88. The van der Waals surface area contributed by atoms with Crippen molar-refractivity contribution in [3.05, 3.63) is 122 Å². The molecule has 3 aliphatic heterocycles. The number of hydroxylamine groups is 1. The third-order valence-electron chi connectivity index (χ3n) is 13.5. The Hall–Kier alpha value is -6.16. The largest absolute Gasteiger partial charge is 0.427 e. The summed E-state index contributed by atoms with van der Waals surface area (Å²) in [4.78, 5) is 49.4. The molecule has 312 valence electrons. The molecule has 16 heteroatoms. The first kappa shape index (κ1) is 37.8. The molecule has 7 aromatic rings. The fraction of sp³-hybridized carbons (Fsp3) is 0.356. The number of fused-ring (bicyclic) bond motifs is 3. The van der Waals surface area contributed by atoms with Crippen LogP contribution in [0, 0.1) is 19.8 Å². The SMILES string of the molecule is Cc1cc(-n2nc3c(c2-n2ccn(-c4ccc5c(cnn5C)c4)c2=O)CN(C(=O)c2cc4cc(C5CCOCC5)ccc4n2[C@@]2(C4NOC(=O)N4)C[C@@H]2C)CC3)cc(C)c1Cl. The van der Waals surface area contributed by atoms with E-state index >= 15 is 4.79 Å². The highest BCUT2D eigenvalue weighted by Crippen LogP contribution is 2.55. The van der Waals surface area contributed by atoms with Gasteiger partial charge in [-0.25, -0.2) is 14.3 Å². The van der Waals surface area contributed by atoms with Crippen molar-refractivity contribution in [3.8, 4) is 17.2 Å². The topological polar surface area (TPSA) is 147 Å². The minimum Gasteiger partial charge on any atom is -0.381 e. The fourth-order valence-electron chi connectivity index (χ4n) is 10.1. The van der Waals surface area contributed by atoms with Crippen LogP contribution in [0.4, 0.5) is 4.79 Å². The van der Waals surface area contributed by atoms with Gasteiger partial charge in [-0.15, -0.1) is 5.48 Å². The zero-order valence-corrected chi connectivity index (χ0v) is 35.1. The highest BCUT2D eigenvalue weighted by molar-refractivity contribution is 6.32. The fourth-order valence-corrected chi connectivity index (χ4v) is 10.2. The lowest BCUT2D eigenvalue weighted by Gasteiger charge is -2.31. The third-order valence-corrected chi connectivity index (χ3v) is 14.1. The second-order valence-electron chi connectivity index (χ2n) is 17.1. The van der Waals surface area contributed by atoms with Gasteiger partial charge in [0.25, 0.3) is 5.91 Å². The molecule has 3 fully saturated rings. The van der Waals surface area contributed by atoms with E-state index < -0.39 is 17.8 Å². The second-order valence-corrected chi connectivity index (χ2v) is 17.5. The quantitative estimate of drug-likeness (QED) is 0.190. The first-order valence-electron chi connectivity index (χ1n) is 20.9. The summed E-state index contributed by atoms with van der Waals surface area (Å²) in [6.07, 6.45) is 7.32. The van der Waals surface area contributed by atoms with Gasteiger partial charge in [-0.3, -0.25) is 23.9 Å². The molecule has 2 amide bonds. The van der Waals surface area contributed by atoms with Crippen molar-refractivity contribution in [3.63, 3.8) is 0 Å². The Bertz CT molecular complexity index is 3000. The smallest absolute Gasteiger partial charge is 0.381 e. The van der Waals surface area contributed by atoms with Crippen LogP contribution in [-0.4, -0.2) is 76.1 Å². The lowest BCUT2D eigenvalue weighted by molar-refractivity contribution is 0.0709. The molecule has 0 radical (unpaired) electrons. The van der Waals surface area contributed by atoms with Crippen molar-refractivity contribution in [2.45, 2.75) is 70.6 Å². The Balaban J connectivity index is 1.03. The van der Waals surface area contributed by atoms with Crippen LogP contribution in [0.1, 0.15) is 70.5 Å².